The highest BCUT2D eigenvalue weighted by atomic mass is 32.1. The number of anilines is 3. The fraction of sp³-hybridized carbons (Fsp3) is 0.143. The molecular weight excluding hydrogens is 394 g/mol. The van der Waals surface area contributed by atoms with Crippen LogP contribution >= 0.6 is 11.3 Å². The third-order valence-electron chi connectivity index (χ3n) is 4.88. The average molecular weight is 410 g/mol. The minimum atomic E-state index is -0.559. The Bertz CT molecular complexity index is 1290. The molecule has 0 spiro atoms. The number of aromatic nitrogens is 1. The smallest absolute Gasteiger partial charge is 0.263 e. The highest BCUT2D eigenvalue weighted by Crippen LogP contribution is 2.41. The summed E-state index contributed by atoms with van der Waals surface area (Å²) in [5.41, 5.74) is 1.53. The van der Waals surface area contributed by atoms with E-state index < -0.39 is 11.6 Å². The number of carbonyl (C=O) groups is 1. The number of rotatable bonds is 2. The van der Waals surface area contributed by atoms with Crippen LogP contribution in [0.5, 0.6) is 0 Å². The minimum absolute atomic E-state index is 0.0228. The van der Waals surface area contributed by atoms with E-state index in [0.29, 0.717) is 22.8 Å². The fourth-order valence-corrected chi connectivity index (χ4v) is 4.62. The van der Waals surface area contributed by atoms with E-state index in [1.54, 1.807) is 6.07 Å². The molecule has 0 saturated carbocycles. The van der Waals surface area contributed by atoms with Gasteiger partial charge in [0.25, 0.3) is 5.91 Å². The number of amides is 1. The number of nitrogens with zero attached hydrogens (tertiary/aromatic N) is 1. The quantitative estimate of drug-likeness (QED) is 0.434. The zero-order valence-electron chi connectivity index (χ0n) is 15.3. The van der Waals surface area contributed by atoms with Crippen LogP contribution in [0.15, 0.2) is 42.5 Å². The molecule has 0 aliphatic carbocycles. The first-order chi connectivity index (χ1) is 14.0. The molecule has 2 aromatic carbocycles. The number of hydrogen-bond donors (Lipinski definition) is 3. The van der Waals surface area contributed by atoms with Gasteiger partial charge in [-0.05, 0) is 43.3 Å². The molecule has 4 aromatic rings. The van der Waals surface area contributed by atoms with Crippen molar-refractivity contribution in [1.82, 2.24) is 10.3 Å². The second-order valence-corrected chi connectivity index (χ2v) is 8.06. The zero-order chi connectivity index (χ0) is 20.1. The lowest BCUT2D eigenvalue weighted by atomic mass is 10.1. The first kappa shape index (κ1) is 17.8. The molecule has 29 heavy (non-hydrogen) atoms. The lowest BCUT2D eigenvalue weighted by molar-refractivity contribution is 0.0949. The van der Waals surface area contributed by atoms with Crippen LogP contribution < -0.4 is 16.0 Å². The van der Waals surface area contributed by atoms with Crippen LogP contribution in [-0.2, 0) is 0 Å². The van der Waals surface area contributed by atoms with Gasteiger partial charge in [-0.25, -0.2) is 13.8 Å². The van der Waals surface area contributed by atoms with Gasteiger partial charge < -0.3 is 16.0 Å². The monoisotopic (exact) mass is 410 g/mol. The fourth-order valence-electron chi connectivity index (χ4n) is 3.53. The summed E-state index contributed by atoms with van der Waals surface area (Å²) < 4.78 is 28.3. The third kappa shape index (κ3) is 3.05. The molecule has 1 atom stereocenters. The molecule has 0 saturated heterocycles. The molecule has 5 rings (SSSR count). The largest absolute Gasteiger partial charge is 0.381 e. The molecule has 0 bridgehead atoms. The molecule has 0 fully saturated rings. The molecule has 1 amide bonds. The Balaban J connectivity index is 1.62. The summed E-state index contributed by atoms with van der Waals surface area (Å²) in [6.07, 6.45) is 0. The topological polar surface area (TPSA) is 66.0 Å². The molecule has 2 aromatic heterocycles. The summed E-state index contributed by atoms with van der Waals surface area (Å²) >= 11 is 1.44. The molecule has 1 aliphatic heterocycles. The number of pyridine rings is 1. The van der Waals surface area contributed by atoms with Crippen LogP contribution in [-0.4, -0.2) is 23.5 Å². The standard InChI is InChI=1S/C21H16F2N4OS/c1-10-9-24-19-18-12-3-7-17(27-15-8-11(22)2-4-13(15)23)26-14(12)5-6-16(18)29-20(19)21(28)25-10/h2-8,10,24H,9H2,1H3,(H,25,28)(H,26,27)/t10-/m1/s1. The molecule has 3 heterocycles. The number of benzene rings is 2. The van der Waals surface area contributed by atoms with Gasteiger partial charge in [0.15, 0.2) is 0 Å². The maximum Gasteiger partial charge on any atom is 0.263 e. The molecular formula is C21H16F2N4OS. The Labute approximate surface area is 168 Å². The predicted octanol–water partition coefficient (Wildman–Crippen LogP) is 5.02. The van der Waals surface area contributed by atoms with E-state index >= 15 is 0 Å². The number of thiophene rings is 1. The molecule has 5 nitrogen and oxygen atoms in total. The summed E-state index contributed by atoms with van der Waals surface area (Å²) in [5, 5.41) is 11.0. The van der Waals surface area contributed by atoms with E-state index in [0.717, 1.165) is 39.4 Å². The van der Waals surface area contributed by atoms with Gasteiger partial charge in [0.2, 0.25) is 0 Å². The molecule has 146 valence electrons. The van der Waals surface area contributed by atoms with Crippen molar-refractivity contribution in [2.75, 3.05) is 17.2 Å². The SMILES string of the molecule is C[C@@H]1CNc2c(sc3ccc4nc(Nc5cc(F)ccc5F)ccc4c23)C(=O)N1. The van der Waals surface area contributed by atoms with Crippen molar-refractivity contribution in [3.05, 3.63) is 59.0 Å². The molecule has 8 heteroatoms. The van der Waals surface area contributed by atoms with Crippen LogP contribution in [0.2, 0.25) is 0 Å². The van der Waals surface area contributed by atoms with E-state index in [2.05, 4.69) is 20.9 Å². The highest BCUT2D eigenvalue weighted by Gasteiger charge is 2.24. The number of nitrogens with one attached hydrogen (secondary N) is 3. The van der Waals surface area contributed by atoms with Crippen molar-refractivity contribution in [2.24, 2.45) is 0 Å². The Kier molecular flexibility index (Phi) is 4.09. The normalized spacial score (nSPS) is 16.2. The third-order valence-corrected chi connectivity index (χ3v) is 6.04. The van der Waals surface area contributed by atoms with Gasteiger partial charge in [-0.15, -0.1) is 11.3 Å². The summed E-state index contributed by atoms with van der Waals surface area (Å²) in [6, 6.07) is 10.6. The van der Waals surface area contributed by atoms with Gasteiger partial charge >= 0.3 is 0 Å². The van der Waals surface area contributed by atoms with E-state index in [9.17, 15) is 13.6 Å². The Morgan fingerprint density at radius 3 is 2.90 bits per heavy atom. The molecule has 0 radical (unpaired) electrons. The van der Waals surface area contributed by atoms with E-state index in [4.69, 9.17) is 0 Å². The lowest BCUT2D eigenvalue weighted by Crippen LogP contribution is -2.34. The maximum absolute atomic E-state index is 13.9. The van der Waals surface area contributed by atoms with Gasteiger partial charge in [-0.2, -0.15) is 0 Å². The van der Waals surface area contributed by atoms with E-state index in [-0.39, 0.29) is 17.6 Å². The number of fused-ring (bicyclic) bond motifs is 5. The number of carbonyl (C=O) groups excluding carboxylic acids is 1. The van der Waals surface area contributed by atoms with Gasteiger partial charge in [-0.1, -0.05) is 0 Å². The molecule has 3 N–H and O–H groups in total. The van der Waals surface area contributed by atoms with Crippen molar-refractivity contribution in [1.29, 1.82) is 0 Å². The van der Waals surface area contributed by atoms with Crippen molar-refractivity contribution >= 4 is 55.4 Å². The van der Waals surface area contributed by atoms with E-state index in [1.165, 1.54) is 11.3 Å². The maximum atomic E-state index is 13.9. The second kappa shape index (κ2) is 6.66. The van der Waals surface area contributed by atoms with Gasteiger partial charge in [-0.3, -0.25) is 4.79 Å². The van der Waals surface area contributed by atoms with Gasteiger partial charge in [0.05, 0.1) is 16.9 Å². The van der Waals surface area contributed by atoms with Crippen molar-refractivity contribution in [3.63, 3.8) is 0 Å². The Morgan fingerprint density at radius 1 is 1.17 bits per heavy atom. The molecule has 1 aliphatic rings. The van der Waals surface area contributed by atoms with Gasteiger partial charge in [0.1, 0.15) is 22.3 Å². The summed E-state index contributed by atoms with van der Waals surface area (Å²) in [6.45, 7) is 2.58. The average Bonchev–Trinajstić information content (AvgIpc) is 3.01. The van der Waals surface area contributed by atoms with Crippen LogP contribution in [0, 0.1) is 11.6 Å². The summed E-state index contributed by atoms with van der Waals surface area (Å²) in [5.74, 6) is -0.770. The Hall–Kier alpha value is -3.26. The van der Waals surface area contributed by atoms with Crippen molar-refractivity contribution in [3.8, 4) is 0 Å². The number of hydrogen-bond acceptors (Lipinski definition) is 5. The predicted molar refractivity (Wildman–Crippen MR) is 112 cm³/mol. The first-order valence-corrected chi connectivity index (χ1v) is 9.94. The summed E-state index contributed by atoms with van der Waals surface area (Å²) in [4.78, 5) is 17.7. The Morgan fingerprint density at radius 2 is 2.03 bits per heavy atom. The first-order valence-electron chi connectivity index (χ1n) is 9.12. The molecule has 0 unspecified atom stereocenters. The minimum Gasteiger partial charge on any atom is -0.381 e. The van der Waals surface area contributed by atoms with Crippen molar-refractivity contribution in [2.45, 2.75) is 13.0 Å². The van der Waals surface area contributed by atoms with Crippen molar-refractivity contribution < 1.29 is 13.6 Å². The van der Waals surface area contributed by atoms with Gasteiger partial charge in [0, 0.05) is 34.1 Å². The number of halogens is 2. The lowest BCUT2D eigenvalue weighted by Gasteiger charge is -2.11. The highest BCUT2D eigenvalue weighted by molar-refractivity contribution is 7.21. The van der Waals surface area contributed by atoms with Crippen LogP contribution in [0.25, 0.3) is 21.0 Å². The van der Waals surface area contributed by atoms with Crippen LogP contribution in [0.3, 0.4) is 0 Å². The zero-order valence-corrected chi connectivity index (χ0v) is 16.2. The second-order valence-electron chi connectivity index (χ2n) is 7.01. The van der Waals surface area contributed by atoms with Crippen LogP contribution in [0.1, 0.15) is 16.6 Å². The summed E-state index contributed by atoms with van der Waals surface area (Å²) in [7, 11) is 0. The van der Waals surface area contributed by atoms with E-state index in [1.807, 2.05) is 25.1 Å². The van der Waals surface area contributed by atoms with Crippen LogP contribution in [0.4, 0.5) is 26.0 Å².